The van der Waals surface area contributed by atoms with Crippen molar-refractivity contribution in [3.63, 3.8) is 0 Å². The van der Waals surface area contributed by atoms with Crippen LogP contribution in [0.4, 0.5) is 0 Å². The second-order valence-corrected chi connectivity index (χ2v) is 15.1. The molecule has 0 aromatic heterocycles. The zero-order valence-corrected chi connectivity index (χ0v) is 29.0. The van der Waals surface area contributed by atoms with Gasteiger partial charge in [-0.1, -0.05) is 92.6 Å². The molecule has 0 radical (unpaired) electrons. The Hall–Kier alpha value is -1.89. The second kappa shape index (κ2) is 13.8. The largest absolute Gasteiger partial charge is 0.462 e. The van der Waals surface area contributed by atoms with E-state index in [2.05, 4.69) is 41.5 Å². The van der Waals surface area contributed by atoms with E-state index in [0.717, 1.165) is 31.3 Å². The first-order chi connectivity index (χ1) is 20.8. The molecule has 0 amide bonds. The summed E-state index contributed by atoms with van der Waals surface area (Å²) in [6, 6.07) is 0. The van der Waals surface area contributed by atoms with Crippen molar-refractivity contribution >= 4 is 17.9 Å². The van der Waals surface area contributed by atoms with Gasteiger partial charge in [-0.15, -0.1) is 0 Å². The van der Waals surface area contributed by atoms with E-state index >= 15 is 0 Å². The molecule has 2 aliphatic carbocycles. The number of carbonyl (C=O) groups is 3. The van der Waals surface area contributed by atoms with Gasteiger partial charge in [0.05, 0.1) is 0 Å². The van der Waals surface area contributed by atoms with E-state index in [-0.39, 0.29) is 65.1 Å². The van der Waals surface area contributed by atoms with E-state index in [1.165, 1.54) is 32.1 Å². The van der Waals surface area contributed by atoms with Gasteiger partial charge in [0.2, 0.25) is 0 Å². The molecule has 0 N–H and O–H groups in total. The predicted octanol–water partition coefficient (Wildman–Crippen LogP) is 8.12. The average Bonchev–Trinajstić information content (AvgIpc) is 3.56. The Morgan fingerprint density at radius 1 is 0.864 bits per heavy atom. The molecular weight excluding hydrogens is 556 g/mol. The number of epoxide rings is 1. The summed E-state index contributed by atoms with van der Waals surface area (Å²) in [4.78, 5) is 39.2. The summed E-state index contributed by atoms with van der Waals surface area (Å²) in [5.74, 6) is -0.431. The number of carbonyl (C=O) groups excluding carboxylic acids is 3. The minimum Gasteiger partial charge on any atom is -0.462 e. The molecule has 4 rings (SSSR count). The maximum Gasteiger partial charge on any atom is 0.342 e. The van der Waals surface area contributed by atoms with Crippen molar-refractivity contribution in [2.24, 2.45) is 35.0 Å². The fraction of sp³-hybridized carbons (Fsp3) is 0.865. The standard InChI is InChI=1S/C37H60O7/c1-10-12-13-14-15-16-17-19-32(39)41-28-22-24(4)35(8)26(6)29(42-31(38)18-11-2)20-23(3)21-30-37(27(7)33(35)25(28)5)36(9,44-37)34(40)43-30/h21,24-30,33H,10-20,22H2,1-9H3/b23-21-/t24-,25-,26-,27-,28-,29-,30-,33+,35+,36+,37+/m0/s1. The number of hydrogen-bond donors (Lipinski definition) is 0. The molecule has 0 bridgehead atoms. The van der Waals surface area contributed by atoms with Gasteiger partial charge >= 0.3 is 17.9 Å². The van der Waals surface area contributed by atoms with Crippen LogP contribution < -0.4 is 0 Å². The number of hydrogen-bond acceptors (Lipinski definition) is 7. The zero-order valence-electron chi connectivity index (χ0n) is 29.0. The normalized spacial score (nSPS) is 42.6. The zero-order chi connectivity index (χ0) is 32.4. The topological polar surface area (TPSA) is 91.4 Å². The highest BCUT2D eigenvalue weighted by atomic mass is 16.7. The first-order valence-electron chi connectivity index (χ1n) is 17.7. The van der Waals surface area contributed by atoms with E-state index in [4.69, 9.17) is 18.9 Å². The Morgan fingerprint density at radius 2 is 1.48 bits per heavy atom. The lowest BCUT2D eigenvalue weighted by atomic mass is 9.47. The van der Waals surface area contributed by atoms with Crippen LogP contribution in [0.1, 0.15) is 139 Å². The summed E-state index contributed by atoms with van der Waals surface area (Å²) in [5, 5.41) is 0. The maximum atomic E-state index is 13.2. The summed E-state index contributed by atoms with van der Waals surface area (Å²) < 4.78 is 25.0. The molecule has 7 nitrogen and oxygen atoms in total. The number of fused-ring (bicyclic) bond motifs is 1. The molecule has 0 unspecified atom stereocenters. The summed E-state index contributed by atoms with van der Waals surface area (Å²) in [6.07, 6.45) is 12.0. The van der Waals surface area contributed by atoms with Crippen LogP contribution in [0.2, 0.25) is 0 Å². The summed E-state index contributed by atoms with van der Waals surface area (Å²) in [7, 11) is 0. The van der Waals surface area contributed by atoms with Crippen LogP contribution in [-0.4, -0.2) is 47.4 Å². The van der Waals surface area contributed by atoms with E-state index in [1.54, 1.807) is 0 Å². The molecular formula is C37H60O7. The molecule has 2 heterocycles. The van der Waals surface area contributed by atoms with Crippen molar-refractivity contribution in [3.05, 3.63) is 11.6 Å². The van der Waals surface area contributed by atoms with Crippen LogP contribution in [0.5, 0.6) is 0 Å². The van der Waals surface area contributed by atoms with Gasteiger partial charge in [0.25, 0.3) is 0 Å². The third-order valence-electron chi connectivity index (χ3n) is 12.4. The Kier molecular flexibility index (Phi) is 11.0. The lowest BCUT2D eigenvalue weighted by molar-refractivity contribution is -0.188. The molecule has 2 saturated heterocycles. The highest BCUT2D eigenvalue weighted by Gasteiger charge is 2.84. The van der Waals surface area contributed by atoms with Crippen molar-refractivity contribution in [2.75, 3.05) is 0 Å². The van der Waals surface area contributed by atoms with Crippen molar-refractivity contribution in [2.45, 2.75) is 169 Å². The lowest BCUT2D eigenvalue weighted by Crippen LogP contribution is -2.59. The summed E-state index contributed by atoms with van der Waals surface area (Å²) >= 11 is 0. The van der Waals surface area contributed by atoms with Gasteiger partial charge in [0.15, 0.2) is 17.3 Å². The first kappa shape index (κ1) is 35.0. The fourth-order valence-corrected chi connectivity index (χ4v) is 9.47. The van der Waals surface area contributed by atoms with Crippen LogP contribution >= 0.6 is 0 Å². The molecule has 7 heteroatoms. The van der Waals surface area contributed by atoms with E-state index in [9.17, 15) is 14.4 Å². The molecule has 44 heavy (non-hydrogen) atoms. The molecule has 0 aromatic carbocycles. The molecule has 1 spiro atoms. The summed E-state index contributed by atoms with van der Waals surface area (Å²) in [5.41, 5.74) is -1.02. The fourth-order valence-electron chi connectivity index (χ4n) is 9.47. The number of ether oxygens (including phenoxy) is 4. The monoisotopic (exact) mass is 616 g/mol. The van der Waals surface area contributed by atoms with E-state index in [0.29, 0.717) is 19.3 Å². The number of rotatable bonds is 12. The maximum absolute atomic E-state index is 13.2. The van der Waals surface area contributed by atoms with Crippen LogP contribution in [-0.2, 0) is 33.3 Å². The minimum atomic E-state index is -0.992. The molecule has 2 aliphatic heterocycles. The number of esters is 3. The quantitative estimate of drug-likeness (QED) is 0.0719. The highest BCUT2D eigenvalue weighted by Crippen LogP contribution is 2.68. The van der Waals surface area contributed by atoms with Crippen LogP contribution in [0, 0.1) is 35.0 Å². The van der Waals surface area contributed by atoms with Crippen molar-refractivity contribution in [3.8, 4) is 0 Å². The third-order valence-corrected chi connectivity index (χ3v) is 12.4. The Morgan fingerprint density at radius 3 is 2.11 bits per heavy atom. The van der Waals surface area contributed by atoms with Gasteiger partial charge in [-0.3, -0.25) is 9.59 Å². The Balaban J connectivity index is 1.62. The minimum absolute atomic E-state index is 0.0160. The number of unbranched alkanes of at least 4 members (excludes halogenated alkanes) is 6. The van der Waals surface area contributed by atoms with Crippen molar-refractivity contribution in [1.82, 2.24) is 0 Å². The van der Waals surface area contributed by atoms with E-state index in [1.807, 2.05) is 26.8 Å². The molecule has 3 fully saturated rings. The SMILES string of the molecule is CCCCCCCCCC(=O)O[C@H]1C[C@H](C)[C@@]2(C)[C@H]([C@H]1C)[C@H](C)[C@]13O[C@]1(C)C(=O)O[C@H]3/C=C(/C)C[C@H](OC(=O)CCC)[C@@H]2C. The van der Waals surface area contributed by atoms with Crippen molar-refractivity contribution in [1.29, 1.82) is 0 Å². The van der Waals surface area contributed by atoms with Gasteiger partial charge in [-0.2, -0.15) is 0 Å². The Bertz CT molecular complexity index is 1080. The van der Waals surface area contributed by atoms with Gasteiger partial charge in [-0.25, -0.2) is 4.79 Å². The van der Waals surface area contributed by atoms with Gasteiger partial charge in [0.1, 0.15) is 12.2 Å². The first-order valence-corrected chi connectivity index (χ1v) is 17.7. The van der Waals surface area contributed by atoms with Crippen molar-refractivity contribution < 1.29 is 33.3 Å². The second-order valence-electron chi connectivity index (χ2n) is 15.1. The van der Waals surface area contributed by atoms with Gasteiger partial charge in [-0.05, 0) is 74.2 Å². The van der Waals surface area contributed by atoms with E-state index < -0.39 is 17.3 Å². The molecule has 250 valence electrons. The predicted molar refractivity (Wildman–Crippen MR) is 171 cm³/mol. The third kappa shape index (κ3) is 6.25. The average molecular weight is 617 g/mol. The summed E-state index contributed by atoms with van der Waals surface area (Å²) in [6.45, 7) is 19.3. The molecule has 4 aliphatic rings. The van der Waals surface area contributed by atoms with Crippen LogP contribution in [0.3, 0.4) is 0 Å². The highest BCUT2D eigenvalue weighted by molar-refractivity contribution is 5.88. The molecule has 1 saturated carbocycles. The van der Waals surface area contributed by atoms with Crippen LogP contribution in [0.25, 0.3) is 0 Å². The Labute approximate surface area is 266 Å². The lowest BCUT2D eigenvalue weighted by Gasteiger charge is -2.59. The smallest absolute Gasteiger partial charge is 0.342 e. The molecule has 0 aromatic rings. The van der Waals surface area contributed by atoms with Gasteiger partial charge < -0.3 is 18.9 Å². The van der Waals surface area contributed by atoms with Gasteiger partial charge in [0, 0.05) is 19.3 Å². The molecule has 11 atom stereocenters. The van der Waals surface area contributed by atoms with Crippen LogP contribution in [0.15, 0.2) is 11.6 Å².